The number of benzene rings is 1. The van der Waals surface area contributed by atoms with Crippen molar-refractivity contribution in [3.63, 3.8) is 0 Å². The van der Waals surface area contributed by atoms with Crippen LogP contribution in [0, 0.1) is 0 Å². The van der Waals surface area contributed by atoms with Crippen LogP contribution < -0.4 is 0 Å². The summed E-state index contributed by atoms with van der Waals surface area (Å²) in [5.74, 6) is 0.0939. The Kier molecular flexibility index (Phi) is 2.33. The van der Waals surface area contributed by atoms with Crippen LogP contribution in [-0.2, 0) is 4.79 Å². The molecule has 0 aliphatic rings. The SMILES string of the molecule is CC(=O)C(C)c1nc2ccccc2s1. The molecule has 72 valence electrons. The third kappa shape index (κ3) is 1.55. The van der Waals surface area contributed by atoms with Crippen molar-refractivity contribution in [1.29, 1.82) is 0 Å². The number of nitrogens with zero attached hydrogens (tertiary/aromatic N) is 1. The number of carbonyl (C=O) groups excluding carboxylic acids is 1. The van der Waals surface area contributed by atoms with Crippen LogP contribution in [-0.4, -0.2) is 10.8 Å². The Bertz CT molecular complexity index is 442. The number of carbonyl (C=O) groups is 1. The molecule has 2 nitrogen and oxygen atoms in total. The normalized spacial score (nSPS) is 13.0. The zero-order valence-electron chi connectivity index (χ0n) is 8.15. The maximum Gasteiger partial charge on any atom is 0.139 e. The van der Waals surface area contributed by atoms with Crippen molar-refractivity contribution in [2.75, 3.05) is 0 Å². The number of hydrogen-bond acceptors (Lipinski definition) is 3. The second-order valence-corrected chi connectivity index (χ2v) is 4.41. The average molecular weight is 205 g/mol. The molecule has 0 spiro atoms. The molecule has 14 heavy (non-hydrogen) atoms. The number of thiazole rings is 1. The lowest BCUT2D eigenvalue weighted by Gasteiger charge is -2.00. The third-order valence-electron chi connectivity index (χ3n) is 2.29. The first-order valence-corrected chi connectivity index (χ1v) is 5.36. The van der Waals surface area contributed by atoms with Crippen molar-refractivity contribution in [3.8, 4) is 0 Å². The van der Waals surface area contributed by atoms with Crippen LogP contribution in [0.15, 0.2) is 24.3 Å². The van der Waals surface area contributed by atoms with Gasteiger partial charge in [-0.3, -0.25) is 4.79 Å². The molecular formula is C11H11NOS. The molecule has 0 fully saturated rings. The van der Waals surface area contributed by atoms with Crippen molar-refractivity contribution in [3.05, 3.63) is 29.3 Å². The van der Waals surface area contributed by atoms with Crippen molar-refractivity contribution in [1.82, 2.24) is 4.98 Å². The molecule has 1 heterocycles. The molecule has 0 aliphatic heterocycles. The molecule has 0 bridgehead atoms. The van der Waals surface area contributed by atoms with E-state index in [2.05, 4.69) is 4.98 Å². The summed E-state index contributed by atoms with van der Waals surface area (Å²) in [4.78, 5) is 15.6. The minimum Gasteiger partial charge on any atom is -0.299 e. The van der Waals surface area contributed by atoms with Gasteiger partial charge in [-0.05, 0) is 26.0 Å². The van der Waals surface area contributed by atoms with Crippen molar-refractivity contribution in [2.45, 2.75) is 19.8 Å². The number of aromatic nitrogens is 1. The Morgan fingerprint density at radius 2 is 2.14 bits per heavy atom. The predicted molar refractivity (Wildman–Crippen MR) is 58.7 cm³/mol. The van der Waals surface area contributed by atoms with E-state index < -0.39 is 0 Å². The smallest absolute Gasteiger partial charge is 0.139 e. The van der Waals surface area contributed by atoms with Gasteiger partial charge in [-0.15, -0.1) is 11.3 Å². The minimum absolute atomic E-state index is 0.0765. The fraction of sp³-hybridized carbons (Fsp3) is 0.273. The van der Waals surface area contributed by atoms with Crippen LogP contribution in [0.4, 0.5) is 0 Å². The van der Waals surface area contributed by atoms with Crippen LogP contribution >= 0.6 is 11.3 Å². The molecule has 3 heteroatoms. The zero-order valence-corrected chi connectivity index (χ0v) is 8.97. The van der Waals surface area contributed by atoms with E-state index in [0.717, 1.165) is 15.2 Å². The van der Waals surface area contributed by atoms with E-state index in [1.54, 1.807) is 18.3 Å². The summed E-state index contributed by atoms with van der Waals surface area (Å²) in [5, 5.41) is 0.915. The highest BCUT2D eigenvalue weighted by Gasteiger charge is 2.14. The first-order chi connectivity index (χ1) is 6.68. The van der Waals surface area contributed by atoms with Crippen LogP contribution in [0.25, 0.3) is 10.2 Å². The van der Waals surface area contributed by atoms with Crippen molar-refractivity contribution in [2.24, 2.45) is 0 Å². The lowest BCUT2D eigenvalue weighted by atomic mass is 10.1. The summed E-state index contributed by atoms with van der Waals surface area (Å²) in [6.07, 6.45) is 0. The average Bonchev–Trinajstić information content (AvgIpc) is 2.59. The van der Waals surface area contributed by atoms with Crippen molar-refractivity contribution < 1.29 is 4.79 Å². The Morgan fingerprint density at radius 3 is 2.79 bits per heavy atom. The zero-order chi connectivity index (χ0) is 10.1. The lowest BCUT2D eigenvalue weighted by Crippen LogP contribution is -2.03. The predicted octanol–water partition coefficient (Wildman–Crippen LogP) is 2.99. The fourth-order valence-electron chi connectivity index (χ4n) is 1.25. The Balaban J connectivity index is 2.50. The van der Waals surface area contributed by atoms with Crippen LogP contribution in [0.1, 0.15) is 24.8 Å². The Hall–Kier alpha value is -1.22. The molecule has 0 N–H and O–H groups in total. The van der Waals surface area contributed by atoms with Gasteiger partial charge in [0.15, 0.2) is 0 Å². The Labute approximate surface area is 86.6 Å². The maximum absolute atomic E-state index is 11.2. The van der Waals surface area contributed by atoms with Gasteiger partial charge >= 0.3 is 0 Å². The van der Waals surface area contributed by atoms with Gasteiger partial charge in [0.25, 0.3) is 0 Å². The molecule has 1 unspecified atom stereocenters. The number of ketones is 1. The third-order valence-corrected chi connectivity index (χ3v) is 3.51. The highest BCUT2D eigenvalue weighted by atomic mass is 32.1. The quantitative estimate of drug-likeness (QED) is 0.754. The molecule has 1 aromatic carbocycles. The van der Waals surface area contributed by atoms with E-state index >= 15 is 0 Å². The first-order valence-electron chi connectivity index (χ1n) is 4.54. The molecule has 0 radical (unpaired) electrons. The topological polar surface area (TPSA) is 30.0 Å². The van der Waals surface area contributed by atoms with Gasteiger partial charge in [0.2, 0.25) is 0 Å². The van der Waals surface area contributed by atoms with Gasteiger partial charge in [0.05, 0.1) is 16.1 Å². The largest absolute Gasteiger partial charge is 0.299 e. The molecule has 2 rings (SSSR count). The summed E-state index contributed by atoms with van der Waals surface area (Å²) >= 11 is 1.60. The summed E-state index contributed by atoms with van der Waals surface area (Å²) in [5.41, 5.74) is 0.987. The first kappa shape index (κ1) is 9.34. The van der Waals surface area contributed by atoms with Gasteiger partial charge in [-0.1, -0.05) is 12.1 Å². The monoisotopic (exact) mass is 205 g/mol. The maximum atomic E-state index is 11.2. The van der Waals surface area contributed by atoms with E-state index in [1.807, 2.05) is 31.2 Å². The van der Waals surface area contributed by atoms with E-state index in [9.17, 15) is 4.79 Å². The number of rotatable bonds is 2. The second kappa shape index (κ2) is 3.50. The van der Waals surface area contributed by atoms with Gasteiger partial charge < -0.3 is 0 Å². The Morgan fingerprint density at radius 1 is 1.43 bits per heavy atom. The number of fused-ring (bicyclic) bond motifs is 1. The molecule has 2 aromatic rings. The van der Waals surface area contributed by atoms with E-state index in [4.69, 9.17) is 0 Å². The van der Waals surface area contributed by atoms with E-state index in [1.165, 1.54) is 0 Å². The standard InChI is InChI=1S/C11H11NOS/c1-7(8(2)13)11-12-9-5-3-4-6-10(9)14-11/h3-7H,1-2H3. The molecular weight excluding hydrogens is 194 g/mol. The number of Topliss-reactive ketones (excluding diaryl/α,β-unsaturated/α-hetero) is 1. The summed E-state index contributed by atoms with van der Waals surface area (Å²) in [6, 6.07) is 7.96. The van der Waals surface area contributed by atoms with Gasteiger partial charge in [0, 0.05) is 0 Å². The molecule has 1 aromatic heterocycles. The second-order valence-electron chi connectivity index (χ2n) is 3.35. The van der Waals surface area contributed by atoms with E-state index in [-0.39, 0.29) is 11.7 Å². The summed E-state index contributed by atoms with van der Waals surface area (Å²) in [7, 11) is 0. The number of para-hydroxylation sites is 1. The van der Waals surface area contributed by atoms with Gasteiger partial charge in [-0.2, -0.15) is 0 Å². The van der Waals surface area contributed by atoms with Gasteiger partial charge in [0.1, 0.15) is 10.8 Å². The highest BCUT2D eigenvalue weighted by Crippen LogP contribution is 2.27. The van der Waals surface area contributed by atoms with E-state index in [0.29, 0.717) is 0 Å². The van der Waals surface area contributed by atoms with Crippen LogP contribution in [0.5, 0.6) is 0 Å². The summed E-state index contributed by atoms with van der Waals surface area (Å²) in [6.45, 7) is 3.51. The number of hydrogen-bond donors (Lipinski definition) is 0. The molecule has 0 aliphatic carbocycles. The van der Waals surface area contributed by atoms with Gasteiger partial charge in [-0.25, -0.2) is 4.98 Å². The molecule has 0 saturated heterocycles. The lowest BCUT2D eigenvalue weighted by molar-refractivity contribution is -0.118. The minimum atomic E-state index is -0.0765. The molecule has 0 saturated carbocycles. The molecule has 1 atom stereocenters. The highest BCUT2D eigenvalue weighted by molar-refractivity contribution is 7.18. The van der Waals surface area contributed by atoms with Crippen LogP contribution in [0.2, 0.25) is 0 Å². The fourth-order valence-corrected chi connectivity index (χ4v) is 2.33. The van der Waals surface area contributed by atoms with Crippen LogP contribution in [0.3, 0.4) is 0 Å². The van der Waals surface area contributed by atoms with Crippen molar-refractivity contribution >= 4 is 27.3 Å². The molecule has 0 amide bonds. The summed E-state index contributed by atoms with van der Waals surface area (Å²) < 4.78 is 1.15.